The van der Waals surface area contributed by atoms with Gasteiger partial charge in [-0.05, 0) is 23.8 Å². The summed E-state index contributed by atoms with van der Waals surface area (Å²) in [5.41, 5.74) is 7.76. The lowest BCUT2D eigenvalue weighted by atomic mass is 10.1. The van der Waals surface area contributed by atoms with E-state index in [-0.39, 0.29) is 4.90 Å². The molecule has 2 N–H and O–H groups in total. The topological polar surface area (TPSA) is 63.4 Å². The molecule has 0 aliphatic rings. The zero-order chi connectivity index (χ0) is 14.0. The summed E-state index contributed by atoms with van der Waals surface area (Å²) in [6, 6.07) is 14.2. The van der Waals surface area contributed by atoms with E-state index in [9.17, 15) is 8.42 Å². The number of nitrogens with zero attached hydrogens (tertiary/aromatic N) is 1. The van der Waals surface area contributed by atoms with Gasteiger partial charge in [0.25, 0.3) is 0 Å². The second-order valence-electron chi connectivity index (χ2n) is 4.41. The predicted molar refractivity (Wildman–Crippen MR) is 77.2 cm³/mol. The largest absolute Gasteiger partial charge is 0.399 e. The molecule has 0 fully saturated rings. The molecule has 0 radical (unpaired) electrons. The van der Waals surface area contributed by atoms with Gasteiger partial charge >= 0.3 is 0 Å². The van der Waals surface area contributed by atoms with Crippen LogP contribution >= 0.6 is 0 Å². The Kier molecular flexibility index (Phi) is 3.59. The first-order valence-corrected chi connectivity index (χ1v) is 7.24. The molecule has 0 atom stereocenters. The van der Waals surface area contributed by atoms with Gasteiger partial charge < -0.3 is 5.73 Å². The second kappa shape index (κ2) is 5.03. The van der Waals surface area contributed by atoms with Crippen LogP contribution in [0.3, 0.4) is 0 Å². The molecule has 2 aromatic carbocycles. The van der Waals surface area contributed by atoms with Gasteiger partial charge in [-0.1, -0.05) is 30.3 Å². The van der Waals surface area contributed by atoms with Crippen LogP contribution in [0.15, 0.2) is 53.4 Å². The monoisotopic (exact) mass is 276 g/mol. The number of hydrogen-bond acceptors (Lipinski definition) is 3. The number of hydrogen-bond donors (Lipinski definition) is 1. The predicted octanol–water partition coefficient (Wildman–Crippen LogP) is 2.19. The lowest BCUT2D eigenvalue weighted by molar-refractivity contribution is 0.521. The molecule has 0 spiro atoms. The van der Waals surface area contributed by atoms with Crippen LogP contribution in [0.25, 0.3) is 11.1 Å². The third-order valence-electron chi connectivity index (χ3n) is 2.85. The molecular weight excluding hydrogens is 260 g/mol. The van der Waals surface area contributed by atoms with Gasteiger partial charge in [0.1, 0.15) is 0 Å². The van der Waals surface area contributed by atoms with Crippen LogP contribution in [0.4, 0.5) is 5.69 Å². The van der Waals surface area contributed by atoms with Gasteiger partial charge in [0.15, 0.2) is 0 Å². The van der Waals surface area contributed by atoms with Crippen LogP contribution in [0.5, 0.6) is 0 Å². The van der Waals surface area contributed by atoms with E-state index in [1.54, 1.807) is 18.2 Å². The Hall–Kier alpha value is -1.85. The van der Waals surface area contributed by atoms with E-state index >= 15 is 0 Å². The van der Waals surface area contributed by atoms with E-state index in [1.165, 1.54) is 18.4 Å². The minimum Gasteiger partial charge on any atom is -0.399 e. The fourth-order valence-corrected chi connectivity index (χ4v) is 2.90. The van der Waals surface area contributed by atoms with Crippen LogP contribution in [0.1, 0.15) is 0 Å². The van der Waals surface area contributed by atoms with Crippen LogP contribution in [-0.2, 0) is 10.0 Å². The number of benzene rings is 2. The van der Waals surface area contributed by atoms with Gasteiger partial charge in [-0.3, -0.25) is 0 Å². The summed E-state index contributed by atoms with van der Waals surface area (Å²) in [7, 11) is -0.466. The Morgan fingerprint density at radius 1 is 1.00 bits per heavy atom. The fourth-order valence-electron chi connectivity index (χ4n) is 1.81. The summed E-state index contributed by atoms with van der Waals surface area (Å²) < 4.78 is 25.8. The smallest absolute Gasteiger partial charge is 0.243 e. The zero-order valence-electron chi connectivity index (χ0n) is 10.9. The fraction of sp³-hybridized carbons (Fsp3) is 0.143. The second-order valence-corrected chi connectivity index (χ2v) is 6.53. The highest BCUT2D eigenvalue weighted by atomic mass is 32.2. The van der Waals surface area contributed by atoms with Crippen molar-refractivity contribution in [1.29, 1.82) is 0 Å². The summed E-state index contributed by atoms with van der Waals surface area (Å²) in [5.74, 6) is 0. The molecule has 0 aromatic heterocycles. The van der Waals surface area contributed by atoms with Crippen molar-refractivity contribution < 1.29 is 8.42 Å². The first-order valence-electron chi connectivity index (χ1n) is 5.80. The molecule has 0 saturated heterocycles. The third-order valence-corrected chi connectivity index (χ3v) is 4.72. The first-order chi connectivity index (χ1) is 8.93. The highest BCUT2D eigenvalue weighted by Crippen LogP contribution is 2.30. The number of sulfonamides is 1. The van der Waals surface area contributed by atoms with Gasteiger partial charge in [-0.15, -0.1) is 0 Å². The van der Waals surface area contributed by atoms with Gasteiger partial charge in [-0.25, -0.2) is 12.7 Å². The van der Waals surface area contributed by atoms with Crippen molar-refractivity contribution in [3.8, 4) is 11.1 Å². The standard InChI is InChI=1S/C14H16N2O2S/c1-16(2)19(17,18)14-9-8-12(15)10-13(14)11-6-4-3-5-7-11/h3-10H,15H2,1-2H3. The average Bonchev–Trinajstić information content (AvgIpc) is 2.39. The third kappa shape index (κ3) is 2.62. The summed E-state index contributed by atoms with van der Waals surface area (Å²) in [6.45, 7) is 0. The molecule has 4 nitrogen and oxygen atoms in total. The van der Waals surface area contributed by atoms with Crippen molar-refractivity contribution >= 4 is 15.7 Å². The van der Waals surface area contributed by atoms with Gasteiger partial charge in [0.05, 0.1) is 4.90 Å². The van der Waals surface area contributed by atoms with E-state index in [0.717, 1.165) is 5.56 Å². The molecule has 0 unspecified atom stereocenters. The van der Waals surface area contributed by atoms with Crippen molar-refractivity contribution in [2.75, 3.05) is 19.8 Å². The number of anilines is 1. The summed E-state index contributed by atoms with van der Waals surface area (Å²) in [6.07, 6.45) is 0. The minimum atomic E-state index is -3.49. The molecule has 2 aromatic rings. The van der Waals surface area contributed by atoms with Crippen LogP contribution in [-0.4, -0.2) is 26.8 Å². The average molecular weight is 276 g/mol. The summed E-state index contributed by atoms with van der Waals surface area (Å²) in [5, 5.41) is 0. The normalized spacial score (nSPS) is 11.7. The van der Waals surface area contributed by atoms with E-state index < -0.39 is 10.0 Å². The molecule has 19 heavy (non-hydrogen) atoms. The van der Waals surface area contributed by atoms with E-state index in [0.29, 0.717) is 11.3 Å². The molecular formula is C14H16N2O2S. The Labute approximate surface area is 113 Å². The lowest BCUT2D eigenvalue weighted by Crippen LogP contribution is -2.22. The van der Waals surface area contributed by atoms with E-state index in [1.807, 2.05) is 30.3 Å². The van der Waals surface area contributed by atoms with E-state index in [4.69, 9.17) is 5.73 Å². The lowest BCUT2D eigenvalue weighted by Gasteiger charge is -2.15. The summed E-state index contributed by atoms with van der Waals surface area (Å²) in [4.78, 5) is 0.262. The molecule has 0 amide bonds. The van der Waals surface area contributed by atoms with Crippen molar-refractivity contribution in [1.82, 2.24) is 4.31 Å². The maximum absolute atomic E-state index is 12.3. The molecule has 5 heteroatoms. The molecule has 0 aliphatic carbocycles. The first kappa shape index (κ1) is 13.6. The zero-order valence-corrected chi connectivity index (χ0v) is 11.7. The maximum Gasteiger partial charge on any atom is 0.243 e. The highest BCUT2D eigenvalue weighted by Gasteiger charge is 2.21. The van der Waals surface area contributed by atoms with Crippen molar-refractivity contribution in [2.45, 2.75) is 4.90 Å². The van der Waals surface area contributed by atoms with Crippen molar-refractivity contribution in [3.05, 3.63) is 48.5 Å². The van der Waals surface area contributed by atoms with Crippen molar-refractivity contribution in [3.63, 3.8) is 0 Å². The Balaban J connectivity index is 2.71. The summed E-state index contributed by atoms with van der Waals surface area (Å²) >= 11 is 0. The Bertz CT molecular complexity index is 680. The van der Waals surface area contributed by atoms with Crippen LogP contribution in [0.2, 0.25) is 0 Å². The van der Waals surface area contributed by atoms with Gasteiger partial charge in [0, 0.05) is 25.3 Å². The van der Waals surface area contributed by atoms with Crippen molar-refractivity contribution in [2.24, 2.45) is 0 Å². The number of nitrogen functional groups attached to an aromatic ring is 1. The quantitative estimate of drug-likeness (QED) is 0.874. The minimum absolute atomic E-state index is 0.262. The van der Waals surface area contributed by atoms with E-state index in [2.05, 4.69) is 0 Å². The molecule has 0 saturated carbocycles. The van der Waals surface area contributed by atoms with Crippen LogP contribution < -0.4 is 5.73 Å². The Morgan fingerprint density at radius 3 is 2.21 bits per heavy atom. The van der Waals surface area contributed by atoms with Gasteiger partial charge in [0.2, 0.25) is 10.0 Å². The van der Waals surface area contributed by atoms with Crippen LogP contribution in [0, 0.1) is 0 Å². The number of nitrogens with two attached hydrogens (primary N) is 1. The molecule has 0 bridgehead atoms. The van der Waals surface area contributed by atoms with Gasteiger partial charge in [-0.2, -0.15) is 0 Å². The number of rotatable bonds is 3. The Morgan fingerprint density at radius 2 is 1.63 bits per heavy atom. The SMILES string of the molecule is CN(C)S(=O)(=O)c1ccc(N)cc1-c1ccccc1. The molecule has 2 rings (SSSR count). The highest BCUT2D eigenvalue weighted by molar-refractivity contribution is 7.89. The molecule has 0 aliphatic heterocycles. The maximum atomic E-state index is 12.3. The molecule has 0 heterocycles. The molecule has 100 valence electrons.